The molecular formula is C12H14N4O4. The Hall–Kier alpha value is -2.64. The standard InChI is InChI=1S/C12H14N4O4/c13-7-1-4-11(19)16(5-7)6-10(18)14-8-2-3-9(17)15-12(8)20/h1,4-5,8H,2-3,6,13H2,(H,14,18)(H,15,17,20). The van der Waals surface area contributed by atoms with Gasteiger partial charge in [0.1, 0.15) is 12.6 Å². The number of aromatic nitrogens is 1. The SMILES string of the molecule is Nc1ccc(=O)n(CC(=O)NC2CCC(=O)NC2=O)c1. The van der Waals surface area contributed by atoms with Crippen LogP contribution in [-0.4, -0.2) is 28.3 Å². The van der Waals surface area contributed by atoms with Gasteiger partial charge in [-0.1, -0.05) is 0 Å². The van der Waals surface area contributed by atoms with Gasteiger partial charge in [-0.3, -0.25) is 24.5 Å². The molecule has 1 unspecified atom stereocenters. The topological polar surface area (TPSA) is 123 Å². The lowest BCUT2D eigenvalue weighted by Gasteiger charge is -2.21. The predicted molar refractivity (Wildman–Crippen MR) is 69.4 cm³/mol. The van der Waals surface area contributed by atoms with Crippen molar-refractivity contribution in [3.8, 4) is 0 Å². The van der Waals surface area contributed by atoms with E-state index in [0.717, 1.165) is 4.57 Å². The third kappa shape index (κ3) is 3.22. The first-order valence-corrected chi connectivity index (χ1v) is 6.05. The van der Waals surface area contributed by atoms with Crippen molar-refractivity contribution in [3.05, 3.63) is 28.7 Å². The Labute approximate surface area is 113 Å². The van der Waals surface area contributed by atoms with E-state index in [0.29, 0.717) is 5.69 Å². The van der Waals surface area contributed by atoms with Crippen LogP contribution in [-0.2, 0) is 20.9 Å². The third-order valence-electron chi connectivity index (χ3n) is 2.89. The molecule has 2 rings (SSSR count). The number of hydrogen-bond acceptors (Lipinski definition) is 5. The van der Waals surface area contributed by atoms with E-state index in [1.165, 1.54) is 18.3 Å². The predicted octanol–water partition coefficient (Wildman–Crippen LogP) is -1.65. The fourth-order valence-electron chi connectivity index (χ4n) is 1.90. The molecule has 0 saturated carbocycles. The summed E-state index contributed by atoms with van der Waals surface area (Å²) in [5, 5.41) is 4.62. The summed E-state index contributed by atoms with van der Waals surface area (Å²) in [7, 11) is 0. The first kappa shape index (κ1) is 13.8. The van der Waals surface area contributed by atoms with Crippen molar-refractivity contribution in [1.82, 2.24) is 15.2 Å². The number of nitrogens with zero attached hydrogens (tertiary/aromatic N) is 1. The van der Waals surface area contributed by atoms with Crippen LogP contribution < -0.4 is 21.9 Å². The molecule has 0 radical (unpaired) electrons. The number of nitrogen functional groups attached to an aromatic ring is 1. The molecule has 3 amide bonds. The maximum atomic E-state index is 11.8. The van der Waals surface area contributed by atoms with Gasteiger partial charge in [-0.05, 0) is 12.5 Å². The van der Waals surface area contributed by atoms with E-state index in [4.69, 9.17) is 5.73 Å². The zero-order chi connectivity index (χ0) is 14.7. The first-order valence-electron chi connectivity index (χ1n) is 6.05. The Kier molecular flexibility index (Phi) is 3.83. The molecule has 0 aromatic carbocycles. The van der Waals surface area contributed by atoms with Crippen molar-refractivity contribution in [1.29, 1.82) is 0 Å². The quantitative estimate of drug-likeness (QED) is 0.572. The molecular weight excluding hydrogens is 264 g/mol. The van der Waals surface area contributed by atoms with Crippen LogP contribution in [0.4, 0.5) is 5.69 Å². The van der Waals surface area contributed by atoms with Gasteiger partial charge in [0.25, 0.3) is 5.56 Å². The smallest absolute Gasteiger partial charge is 0.251 e. The highest BCUT2D eigenvalue weighted by atomic mass is 16.2. The van der Waals surface area contributed by atoms with Crippen LogP contribution in [0.1, 0.15) is 12.8 Å². The molecule has 0 bridgehead atoms. The van der Waals surface area contributed by atoms with Crippen molar-refractivity contribution in [2.45, 2.75) is 25.4 Å². The minimum absolute atomic E-state index is 0.176. The number of anilines is 1. The zero-order valence-electron chi connectivity index (χ0n) is 10.6. The molecule has 8 heteroatoms. The van der Waals surface area contributed by atoms with Gasteiger partial charge >= 0.3 is 0 Å². The average molecular weight is 278 g/mol. The molecule has 8 nitrogen and oxygen atoms in total. The Bertz CT molecular complexity index is 622. The summed E-state index contributed by atoms with van der Waals surface area (Å²) in [4.78, 5) is 45.8. The summed E-state index contributed by atoms with van der Waals surface area (Å²) in [5.74, 6) is -1.38. The molecule has 1 saturated heterocycles. The van der Waals surface area contributed by atoms with Crippen LogP contribution in [0, 0.1) is 0 Å². The molecule has 1 aliphatic rings. The third-order valence-corrected chi connectivity index (χ3v) is 2.89. The van der Waals surface area contributed by atoms with Crippen molar-refractivity contribution in [2.75, 3.05) is 5.73 Å². The fraction of sp³-hybridized carbons (Fsp3) is 0.333. The molecule has 1 aromatic heterocycles. The number of imide groups is 1. The van der Waals surface area contributed by atoms with E-state index in [1.807, 2.05) is 0 Å². The second-order valence-corrected chi connectivity index (χ2v) is 4.50. The van der Waals surface area contributed by atoms with E-state index < -0.39 is 17.9 Å². The van der Waals surface area contributed by atoms with E-state index in [1.54, 1.807) is 0 Å². The molecule has 1 fully saturated rings. The highest BCUT2D eigenvalue weighted by molar-refractivity contribution is 6.01. The molecule has 2 heterocycles. The largest absolute Gasteiger partial charge is 0.398 e. The Morgan fingerprint density at radius 2 is 2.15 bits per heavy atom. The lowest BCUT2D eigenvalue weighted by molar-refractivity contribution is -0.137. The summed E-state index contributed by atoms with van der Waals surface area (Å²) in [5.41, 5.74) is 5.53. The number of piperidine rings is 1. The molecule has 0 aliphatic carbocycles. The molecule has 1 aliphatic heterocycles. The second kappa shape index (κ2) is 5.55. The highest BCUT2D eigenvalue weighted by Gasteiger charge is 2.27. The van der Waals surface area contributed by atoms with Crippen molar-refractivity contribution >= 4 is 23.4 Å². The fourth-order valence-corrected chi connectivity index (χ4v) is 1.90. The summed E-state index contributed by atoms with van der Waals surface area (Å²) in [6.45, 7) is -0.235. The van der Waals surface area contributed by atoms with Gasteiger partial charge in [-0.2, -0.15) is 0 Å². The average Bonchev–Trinajstić information content (AvgIpc) is 2.37. The van der Waals surface area contributed by atoms with E-state index in [-0.39, 0.29) is 30.9 Å². The van der Waals surface area contributed by atoms with Gasteiger partial charge in [-0.15, -0.1) is 0 Å². The highest BCUT2D eigenvalue weighted by Crippen LogP contribution is 2.04. The minimum Gasteiger partial charge on any atom is -0.398 e. The summed E-state index contributed by atoms with van der Waals surface area (Å²) in [6.07, 6.45) is 1.78. The maximum Gasteiger partial charge on any atom is 0.251 e. The molecule has 1 aromatic rings. The maximum absolute atomic E-state index is 11.8. The van der Waals surface area contributed by atoms with E-state index >= 15 is 0 Å². The van der Waals surface area contributed by atoms with Crippen LogP contribution in [0.5, 0.6) is 0 Å². The van der Waals surface area contributed by atoms with Crippen LogP contribution in [0.15, 0.2) is 23.1 Å². The number of amides is 3. The van der Waals surface area contributed by atoms with E-state index in [9.17, 15) is 19.2 Å². The summed E-state index contributed by atoms with van der Waals surface area (Å²) < 4.78 is 1.15. The van der Waals surface area contributed by atoms with Crippen LogP contribution in [0.25, 0.3) is 0 Å². The number of pyridine rings is 1. The van der Waals surface area contributed by atoms with Gasteiger partial charge in [0.05, 0.1) is 0 Å². The van der Waals surface area contributed by atoms with Gasteiger partial charge in [-0.25, -0.2) is 0 Å². The summed E-state index contributed by atoms with van der Waals surface area (Å²) in [6, 6.07) is 1.95. The molecule has 4 N–H and O–H groups in total. The van der Waals surface area contributed by atoms with E-state index in [2.05, 4.69) is 10.6 Å². The van der Waals surface area contributed by atoms with Gasteiger partial charge in [0, 0.05) is 24.4 Å². The zero-order valence-corrected chi connectivity index (χ0v) is 10.6. The second-order valence-electron chi connectivity index (χ2n) is 4.50. The van der Waals surface area contributed by atoms with Gasteiger partial charge in [0.15, 0.2) is 0 Å². The number of hydrogen-bond donors (Lipinski definition) is 3. The summed E-state index contributed by atoms with van der Waals surface area (Å²) >= 11 is 0. The first-order chi connectivity index (χ1) is 9.45. The molecule has 20 heavy (non-hydrogen) atoms. The molecule has 106 valence electrons. The van der Waals surface area contributed by atoms with Crippen LogP contribution in [0.2, 0.25) is 0 Å². The normalized spacial score (nSPS) is 18.5. The van der Waals surface area contributed by atoms with Crippen LogP contribution >= 0.6 is 0 Å². The van der Waals surface area contributed by atoms with Gasteiger partial charge < -0.3 is 15.6 Å². The van der Waals surface area contributed by atoms with Crippen molar-refractivity contribution < 1.29 is 14.4 Å². The number of nitrogens with one attached hydrogen (secondary N) is 2. The number of carbonyl (C=O) groups excluding carboxylic acids is 3. The monoisotopic (exact) mass is 278 g/mol. The minimum atomic E-state index is -0.753. The van der Waals surface area contributed by atoms with Gasteiger partial charge in [0.2, 0.25) is 17.7 Å². The lowest BCUT2D eigenvalue weighted by atomic mass is 10.1. The van der Waals surface area contributed by atoms with Crippen molar-refractivity contribution in [2.24, 2.45) is 0 Å². The Balaban J connectivity index is 1.99. The molecule has 0 spiro atoms. The van der Waals surface area contributed by atoms with Crippen molar-refractivity contribution in [3.63, 3.8) is 0 Å². The van der Waals surface area contributed by atoms with Crippen LogP contribution in [0.3, 0.4) is 0 Å². The lowest BCUT2D eigenvalue weighted by Crippen LogP contribution is -2.53. The number of rotatable bonds is 3. The Morgan fingerprint density at radius 1 is 1.40 bits per heavy atom. The number of nitrogens with two attached hydrogens (primary N) is 1. The Morgan fingerprint density at radius 3 is 2.85 bits per heavy atom. The number of carbonyl (C=O) groups is 3. The molecule has 1 atom stereocenters.